The minimum absolute atomic E-state index is 0.132. The van der Waals surface area contributed by atoms with Crippen LogP contribution in [0.25, 0.3) is 0 Å². The molecule has 20 heavy (non-hydrogen) atoms. The Bertz CT molecular complexity index is 496. The van der Waals surface area contributed by atoms with Crippen LogP contribution in [0, 0.1) is 11.5 Å². The maximum atomic E-state index is 8.65. The van der Waals surface area contributed by atoms with Crippen molar-refractivity contribution < 1.29 is 4.74 Å². The van der Waals surface area contributed by atoms with Gasteiger partial charge < -0.3 is 9.64 Å². The number of rotatable bonds is 5. The van der Waals surface area contributed by atoms with Gasteiger partial charge in [-0.3, -0.25) is 10.3 Å². The molecule has 1 atom stereocenters. The highest BCUT2D eigenvalue weighted by Gasteiger charge is 2.14. The molecule has 0 aromatic heterocycles. The lowest BCUT2D eigenvalue weighted by molar-refractivity contribution is 0.305. The van der Waals surface area contributed by atoms with Crippen LogP contribution < -0.4 is 10.1 Å². The number of hydrogen-bond acceptors (Lipinski definition) is 5. The van der Waals surface area contributed by atoms with Crippen molar-refractivity contribution in [2.24, 2.45) is 4.99 Å². The summed E-state index contributed by atoms with van der Waals surface area (Å²) in [7, 11) is 5.68. The number of thioether (sulfide) groups is 1. The molecule has 1 unspecified atom stereocenters. The van der Waals surface area contributed by atoms with Crippen LogP contribution in [0.3, 0.4) is 0 Å². The number of nitriles is 1. The number of nitrogens with zero attached hydrogens (tertiary/aromatic N) is 3. The number of likely N-dealkylation sites (N-methyl/N-ethyl adjacent to an activating group) is 1. The quantitative estimate of drug-likeness (QED) is 0.390. The van der Waals surface area contributed by atoms with Gasteiger partial charge in [-0.1, -0.05) is 23.9 Å². The summed E-state index contributed by atoms with van der Waals surface area (Å²) in [5.74, 6) is 0.832. The second-order valence-electron chi connectivity index (χ2n) is 4.34. The number of amidine groups is 1. The van der Waals surface area contributed by atoms with Gasteiger partial charge >= 0.3 is 0 Å². The molecule has 0 amide bonds. The molecule has 0 bridgehead atoms. The zero-order valence-electron chi connectivity index (χ0n) is 12.3. The molecule has 6 heteroatoms. The molecule has 0 saturated heterocycles. The van der Waals surface area contributed by atoms with Crippen LogP contribution in [0.1, 0.15) is 11.6 Å². The summed E-state index contributed by atoms with van der Waals surface area (Å²) in [6, 6.07) is 8.09. The second-order valence-corrected chi connectivity index (χ2v) is 5.14. The second kappa shape index (κ2) is 8.46. The first-order chi connectivity index (χ1) is 9.62. The van der Waals surface area contributed by atoms with E-state index >= 15 is 0 Å². The van der Waals surface area contributed by atoms with E-state index in [0.29, 0.717) is 11.7 Å². The number of methoxy groups -OCH3 is 1. The third kappa shape index (κ3) is 4.76. The first-order valence-electron chi connectivity index (χ1n) is 6.16. The molecule has 0 fully saturated rings. The summed E-state index contributed by atoms with van der Waals surface area (Å²) >= 11 is 1.42. The predicted molar refractivity (Wildman–Crippen MR) is 84.0 cm³/mol. The Morgan fingerprint density at radius 2 is 2.30 bits per heavy atom. The van der Waals surface area contributed by atoms with Crippen LogP contribution in [0.2, 0.25) is 0 Å². The summed E-state index contributed by atoms with van der Waals surface area (Å²) < 4.78 is 5.26. The molecule has 0 spiro atoms. The van der Waals surface area contributed by atoms with E-state index in [2.05, 4.69) is 21.3 Å². The predicted octanol–water partition coefficient (Wildman–Crippen LogP) is 2.09. The van der Waals surface area contributed by atoms with Crippen LogP contribution in [0.5, 0.6) is 5.75 Å². The lowest BCUT2D eigenvalue weighted by Gasteiger charge is -2.23. The molecule has 0 aliphatic carbocycles. The minimum Gasteiger partial charge on any atom is -0.497 e. The number of ether oxygens (including phenoxy) is 1. The van der Waals surface area contributed by atoms with E-state index in [0.717, 1.165) is 11.3 Å². The zero-order chi connectivity index (χ0) is 15.0. The molecule has 5 nitrogen and oxygen atoms in total. The zero-order valence-corrected chi connectivity index (χ0v) is 13.1. The monoisotopic (exact) mass is 292 g/mol. The smallest absolute Gasteiger partial charge is 0.183 e. The first kappa shape index (κ1) is 16.3. The van der Waals surface area contributed by atoms with E-state index in [1.54, 1.807) is 7.11 Å². The Morgan fingerprint density at radius 1 is 1.55 bits per heavy atom. The van der Waals surface area contributed by atoms with Crippen molar-refractivity contribution in [3.05, 3.63) is 29.8 Å². The van der Waals surface area contributed by atoms with Crippen LogP contribution >= 0.6 is 11.8 Å². The van der Waals surface area contributed by atoms with Crippen molar-refractivity contribution in [1.82, 2.24) is 10.2 Å². The fraction of sp³-hybridized carbons (Fsp3) is 0.429. The summed E-state index contributed by atoms with van der Waals surface area (Å²) in [5.41, 5.74) is 1.13. The number of aliphatic imine (C=N–C) groups is 1. The molecular weight excluding hydrogens is 272 g/mol. The fourth-order valence-corrected chi connectivity index (χ4v) is 2.14. The normalized spacial score (nSPS) is 12.9. The highest BCUT2D eigenvalue weighted by molar-refractivity contribution is 8.13. The van der Waals surface area contributed by atoms with Crippen LogP contribution in [0.4, 0.5) is 0 Å². The van der Waals surface area contributed by atoms with E-state index < -0.39 is 0 Å². The molecule has 0 aliphatic heterocycles. The van der Waals surface area contributed by atoms with Gasteiger partial charge in [0.25, 0.3) is 0 Å². The Balaban J connectivity index is 2.91. The molecule has 0 radical (unpaired) electrons. The van der Waals surface area contributed by atoms with Crippen LogP contribution in [0.15, 0.2) is 29.3 Å². The lowest BCUT2D eigenvalue weighted by Crippen LogP contribution is -2.24. The summed E-state index contributed by atoms with van der Waals surface area (Å²) in [6.07, 6.45) is 3.78. The number of nitrogens with one attached hydrogen (secondary N) is 1. The molecule has 1 aromatic carbocycles. The molecule has 1 rings (SSSR count). The van der Waals surface area contributed by atoms with Gasteiger partial charge in [0.05, 0.1) is 19.7 Å². The number of benzene rings is 1. The van der Waals surface area contributed by atoms with Crippen molar-refractivity contribution in [2.45, 2.75) is 6.04 Å². The van der Waals surface area contributed by atoms with Crippen molar-refractivity contribution in [3.63, 3.8) is 0 Å². The van der Waals surface area contributed by atoms with Gasteiger partial charge in [0.1, 0.15) is 5.75 Å². The van der Waals surface area contributed by atoms with E-state index in [-0.39, 0.29) is 6.04 Å². The van der Waals surface area contributed by atoms with Crippen LogP contribution in [-0.2, 0) is 0 Å². The average molecular weight is 292 g/mol. The fourth-order valence-electron chi connectivity index (χ4n) is 1.79. The molecule has 0 heterocycles. The lowest BCUT2D eigenvalue weighted by atomic mass is 10.1. The molecular formula is C14H20N4OS. The van der Waals surface area contributed by atoms with Crippen molar-refractivity contribution >= 4 is 16.9 Å². The van der Waals surface area contributed by atoms with Crippen LogP contribution in [-0.4, -0.2) is 44.1 Å². The van der Waals surface area contributed by atoms with Gasteiger partial charge in [0.15, 0.2) is 11.4 Å². The highest BCUT2D eigenvalue weighted by atomic mass is 32.2. The van der Waals surface area contributed by atoms with E-state index in [1.165, 1.54) is 11.8 Å². The third-order valence-corrected chi connectivity index (χ3v) is 3.48. The third-order valence-electron chi connectivity index (χ3n) is 2.87. The van der Waals surface area contributed by atoms with Crippen molar-refractivity contribution in [3.8, 4) is 11.9 Å². The molecule has 0 aliphatic rings. The van der Waals surface area contributed by atoms with E-state index in [1.807, 2.05) is 44.7 Å². The molecule has 1 aromatic rings. The van der Waals surface area contributed by atoms with Gasteiger partial charge in [0, 0.05) is 0 Å². The summed E-state index contributed by atoms with van der Waals surface area (Å²) in [4.78, 5) is 6.55. The topological polar surface area (TPSA) is 60.6 Å². The standard InChI is InChI=1S/C14H20N4OS/c1-18(2)13(9-16-14(20-4)17-10-15)11-6-5-7-12(8-11)19-3/h5-8,13H,9H2,1-4H3,(H,16,17). The minimum atomic E-state index is 0.132. The number of hydrogen-bond donors (Lipinski definition) is 1. The SMILES string of the molecule is COc1cccc(C(CN=C(NC#N)SC)N(C)C)c1. The van der Waals surface area contributed by atoms with Gasteiger partial charge in [0.2, 0.25) is 0 Å². The average Bonchev–Trinajstić information content (AvgIpc) is 2.46. The van der Waals surface area contributed by atoms with E-state index in [9.17, 15) is 0 Å². The van der Waals surface area contributed by atoms with Gasteiger partial charge in [-0.2, -0.15) is 5.26 Å². The largest absolute Gasteiger partial charge is 0.497 e. The maximum Gasteiger partial charge on any atom is 0.183 e. The maximum absolute atomic E-state index is 8.65. The van der Waals surface area contributed by atoms with E-state index in [4.69, 9.17) is 10.00 Å². The summed E-state index contributed by atoms with van der Waals surface area (Å²) in [5, 5.41) is 11.8. The Morgan fingerprint density at radius 3 is 2.85 bits per heavy atom. The molecule has 0 saturated carbocycles. The Kier molecular flexibility index (Phi) is 6.91. The van der Waals surface area contributed by atoms with Gasteiger partial charge in [-0.25, -0.2) is 0 Å². The molecule has 1 N–H and O–H groups in total. The first-order valence-corrected chi connectivity index (χ1v) is 7.38. The highest BCUT2D eigenvalue weighted by Crippen LogP contribution is 2.23. The van der Waals surface area contributed by atoms with Crippen molar-refractivity contribution in [1.29, 1.82) is 5.26 Å². The van der Waals surface area contributed by atoms with Gasteiger partial charge in [-0.05, 0) is 38.0 Å². The Labute approximate surface area is 124 Å². The van der Waals surface area contributed by atoms with Gasteiger partial charge in [-0.15, -0.1) is 0 Å². The Hall–Kier alpha value is -1.71. The summed E-state index contributed by atoms with van der Waals surface area (Å²) in [6.45, 7) is 0.574. The van der Waals surface area contributed by atoms with Crippen molar-refractivity contribution in [2.75, 3.05) is 34.0 Å². The molecule has 108 valence electrons.